The summed E-state index contributed by atoms with van der Waals surface area (Å²) in [6.45, 7) is 1.02. The Balaban J connectivity index is 1.40. The summed E-state index contributed by atoms with van der Waals surface area (Å²) in [5.74, 6) is 1.14. The summed E-state index contributed by atoms with van der Waals surface area (Å²) in [6.07, 6.45) is 5.90. The van der Waals surface area contributed by atoms with E-state index < -0.39 is 0 Å². The van der Waals surface area contributed by atoms with Gasteiger partial charge >= 0.3 is 0 Å². The van der Waals surface area contributed by atoms with Crippen LogP contribution >= 0.6 is 0 Å². The molecule has 0 aliphatic carbocycles. The molecule has 32 heavy (non-hydrogen) atoms. The molecule has 1 amide bonds. The van der Waals surface area contributed by atoms with Gasteiger partial charge in [-0.2, -0.15) is 0 Å². The van der Waals surface area contributed by atoms with E-state index in [0.717, 1.165) is 46.9 Å². The molecule has 1 aromatic heterocycles. The van der Waals surface area contributed by atoms with Crippen LogP contribution in [0.15, 0.2) is 91.1 Å². The van der Waals surface area contributed by atoms with Crippen molar-refractivity contribution in [1.82, 2.24) is 9.55 Å². The predicted molar refractivity (Wildman–Crippen MR) is 129 cm³/mol. The van der Waals surface area contributed by atoms with Gasteiger partial charge in [0.05, 0.1) is 11.4 Å². The maximum absolute atomic E-state index is 13.2. The Kier molecular flexibility index (Phi) is 5.84. The third-order valence-electron chi connectivity index (χ3n) is 6.18. The minimum atomic E-state index is -0.000807. The molecule has 2 heterocycles. The van der Waals surface area contributed by atoms with E-state index in [1.54, 1.807) is 0 Å². The molecule has 5 rings (SSSR count). The molecule has 0 fully saturated rings. The van der Waals surface area contributed by atoms with Crippen molar-refractivity contribution in [2.45, 2.75) is 38.1 Å². The standard InChI is InChI=1S/C28H27N3O/c32-28(19-24(21-11-3-1-4-12-21)22-13-5-2-6-14-22)30-25-16-8-7-15-23(25)26-20-31-18-10-9-17-27(31)29-26/h1-8,11-16,20,24H,9-10,17-19H2,(H,30,32). The van der Waals surface area contributed by atoms with E-state index in [0.29, 0.717) is 6.42 Å². The van der Waals surface area contributed by atoms with Gasteiger partial charge in [-0.05, 0) is 30.0 Å². The van der Waals surface area contributed by atoms with Crippen molar-refractivity contribution in [3.63, 3.8) is 0 Å². The molecule has 4 aromatic rings. The van der Waals surface area contributed by atoms with Crippen molar-refractivity contribution in [2.24, 2.45) is 0 Å². The quantitative estimate of drug-likeness (QED) is 0.412. The molecule has 0 spiro atoms. The monoisotopic (exact) mass is 421 g/mol. The van der Waals surface area contributed by atoms with Crippen LogP contribution < -0.4 is 5.32 Å². The number of nitrogens with one attached hydrogen (secondary N) is 1. The van der Waals surface area contributed by atoms with E-state index in [-0.39, 0.29) is 11.8 Å². The van der Waals surface area contributed by atoms with E-state index in [4.69, 9.17) is 4.98 Å². The normalized spacial score (nSPS) is 13.0. The Morgan fingerprint density at radius 3 is 2.22 bits per heavy atom. The molecule has 1 aliphatic rings. The van der Waals surface area contributed by atoms with Crippen LogP contribution in [-0.4, -0.2) is 15.5 Å². The van der Waals surface area contributed by atoms with Gasteiger partial charge in [0.2, 0.25) is 5.91 Å². The largest absolute Gasteiger partial charge is 0.334 e. The Morgan fingerprint density at radius 1 is 0.875 bits per heavy atom. The molecule has 4 nitrogen and oxygen atoms in total. The van der Waals surface area contributed by atoms with E-state index >= 15 is 0 Å². The molecule has 4 heteroatoms. The van der Waals surface area contributed by atoms with Gasteiger partial charge in [-0.1, -0.05) is 78.9 Å². The number of hydrogen-bond acceptors (Lipinski definition) is 2. The predicted octanol–water partition coefficient (Wildman–Crippen LogP) is 6.05. The van der Waals surface area contributed by atoms with Gasteiger partial charge in [-0.15, -0.1) is 0 Å². The SMILES string of the molecule is O=C(CC(c1ccccc1)c1ccccc1)Nc1ccccc1-c1cn2c(n1)CCCC2. The summed E-state index contributed by atoms with van der Waals surface area (Å²) in [4.78, 5) is 18.1. The fourth-order valence-corrected chi connectivity index (χ4v) is 4.54. The molecular formula is C28H27N3O. The number of fused-ring (bicyclic) bond motifs is 1. The molecule has 0 saturated heterocycles. The fourth-order valence-electron chi connectivity index (χ4n) is 4.54. The number of imidazole rings is 1. The zero-order valence-electron chi connectivity index (χ0n) is 18.1. The maximum atomic E-state index is 13.2. The minimum Gasteiger partial charge on any atom is -0.334 e. The van der Waals surface area contributed by atoms with Crippen LogP contribution in [0, 0.1) is 0 Å². The number of aromatic nitrogens is 2. The van der Waals surface area contributed by atoms with Gasteiger partial charge in [0.1, 0.15) is 5.82 Å². The zero-order chi connectivity index (χ0) is 21.8. The molecule has 0 atom stereocenters. The smallest absolute Gasteiger partial charge is 0.225 e. The number of anilines is 1. The van der Waals surface area contributed by atoms with Gasteiger partial charge < -0.3 is 9.88 Å². The number of rotatable bonds is 6. The van der Waals surface area contributed by atoms with Crippen LogP contribution in [-0.2, 0) is 17.8 Å². The van der Waals surface area contributed by atoms with E-state index in [1.165, 1.54) is 12.8 Å². The van der Waals surface area contributed by atoms with Gasteiger partial charge in [0, 0.05) is 37.1 Å². The Hall–Kier alpha value is -3.66. The first-order valence-electron chi connectivity index (χ1n) is 11.3. The molecule has 0 unspecified atom stereocenters. The summed E-state index contributed by atoms with van der Waals surface area (Å²) >= 11 is 0. The number of benzene rings is 3. The summed E-state index contributed by atoms with van der Waals surface area (Å²) in [5.41, 5.74) is 5.00. The number of nitrogens with zero attached hydrogens (tertiary/aromatic N) is 2. The van der Waals surface area contributed by atoms with Gasteiger partial charge in [-0.25, -0.2) is 4.98 Å². The lowest BCUT2D eigenvalue weighted by Crippen LogP contribution is -2.17. The molecule has 0 radical (unpaired) electrons. The zero-order valence-corrected chi connectivity index (χ0v) is 18.1. The first kappa shape index (κ1) is 20.3. The molecule has 1 aliphatic heterocycles. The number of para-hydroxylation sites is 1. The van der Waals surface area contributed by atoms with Crippen molar-refractivity contribution in [3.8, 4) is 11.3 Å². The second kappa shape index (κ2) is 9.23. The summed E-state index contributed by atoms with van der Waals surface area (Å²) in [7, 11) is 0. The number of carbonyl (C=O) groups excluding carboxylic acids is 1. The highest BCUT2D eigenvalue weighted by atomic mass is 16.1. The highest BCUT2D eigenvalue weighted by Gasteiger charge is 2.20. The molecule has 0 bridgehead atoms. The number of hydrogen-bond donors (Lipinski definition) is 1. The van der Waals surface area contributed by atoms with Crippen LogP contribution in [0.4, 0.5) is 5.69 Å². The van der Waals surface area contributed by atoms with Crippen LogP contribution in [0.1, 0.15) is 42.1 Å². The Bertz CT molecular complexity index is 1130. The van der Waals surface area contributed by atoms with E-state index in [9.17, 15) is 4.79 Å². The van der Waals surface area contributed by atoms with Crippen molar-refractivity contribution in [2.75, 3.05) is 5.32 Å². The highest BCUT2D eigenvalue weighted by Crippen LogP contribution is 2.31. The summed E-state index contributed by atoms with van der Waals surface area (Å²) < 4.78 is 2.25. The van der Waals surface area contributed by atoms with E-state index in [2.05, 4.69) is 40.3 Å². The lowest BCUT2D eigenvalue weighted by atomic mass is 9.88. The van der Waals surface area contributed by atoms with Crippen LogP contribution in [0.25, 0.3) is 11.3 Å². The second-order valence-electron chi connectivity index (χ2n) is 8.36. The van der Waals surface area contributed by atoms with E-state index in [1.807, 2.05) is 60.7 Å². The minimum absolute atomic E-state index is 0.000807. The topological polar surface area (TPSA) is 46.9 Å². The van der Waals surface area contributed by atoms with Crippen LogP contribution in [0.5, 0.6) is 0 Å². The van der Waals surface area contributed by atoms with Crippen molar-refractivity contribution in [1.29, 1.82) is 0 Å². The third kappa shape index (κ3) is 4.35. The van der Waals surface area contributed by atoms with Crippen LogP contribution in [0.2, 0.25) is 0 Å². The number of amides is 1. The lowest BCUT2D eigenvalue weighted by molar-refractivity contribution is -0.116. The molecule has 3 aromatic carbocycles. The third-order valence-corrected chi connectivity index (χ3v) is 6.18. The number of carbonyl (C=O) groups is 1. The summed E-state index contributed by atoms with van der Waals surface area (Å²) in [5, 5.41) is 3.17. The Labute approximate surface area is 189 Å². The second-order valence-corrected chi connectivity index (χ2v) is 8.36. The van der Waals surface area contributed by atoms with Gasteiger partial charge in [-0.3, -0.25) is 4.79 Å². The molecule has 160 valence electrons. The first-order chi connectivity index (χ1) is 15.8. The van der Waals surface area contributed by atoms with Crippen molar-refractivity contribution < 1.29 is 4.79 Å². The highest BCUT2D eigenvalue weighted by molar-refractivity contribution is 5.95. The van der Waals surface area contributed by atoms with Gasteiger partial charge in [0.15, 0.2) is 0 Å². The average molecular weight is 422 g/mol. The van der Waals surface area contributed by atoms with Crippen LogP contribution in [0.3, 0.4) is 0 Å². The first-order valence-corrected chi connectivity index (χ1v) is 11.3. The average Bonchev–Trinajstić information content (AvgIpc) is 3.28. The fraction of sp³-hybridized carbons (Fsp3) is 0.214. The molecule has 0 saturated carbocycles. The van der Waals surface area contributed by atoms with Crippen molar-refractivity contribution in [3.05, 3.63) is 108 Å². The van der Waals surface area contributed by atoms with Crippen molar-refractivity contribution >= 4 is 11.6 Å². The maximum Gasteiger partial charge on any atom is 0.225 e. The lowest BCUT2D eigenvalue weighted by Gasteiger charge is -2.18. The molecule has 1 N–H and O–H groups in total. The number of aryl methyl sites for hydroxylation is 2. The Morgan fingerprint density at radius 2 is 1.53 bits per heavy atom. The summed E-state index contributed by atoms with van der Waals surface area (Å²) in [6, 6.07) is 28.4. The molecular weight excluding hydrogens is 394 g/mol. The van der Waals surface area contributed by atoms with Gasteiger partial charge in [0.25, 0.3) is 0 Å².